The lowest BCUT2D eigenvalue weighted by atomic mass is 10.1. The van der Waals surface area contributed by atoms with E-state index in [4.69, 9.17) is 4.74 Å². The van der Waals surface area contributed by atoms with Crippen LogP contribution in [0.1, 0.15) is 17.4 Å². The van der Waals surface area contributed by atoms with E-state index in [-0.39, 0.29) is 18.5 Å². The van der Waals surface area contributed by atoms with E-state index in [9.17, 15) is 0 Å². The van der Waals surface area contributed by atoms with Crippen LogP contribution in [0.4, 0.5) is 0 Å². The topological polar surface area (TPSA) is 12.5 Å². The summed E-state index contributed by atoms with van der Waals surface area (Å²) < 4.78 is 6.41. The number of ether oxygens (including phenoxy) is 1. The van der Waals surface area contributed by atoms with Crippen LogP contribution in [0.2, 0.25) is 0 Å². The lowest BCUT2D eigenvalue weighted by Crippen LogP contribution is -2.18. The molecule has 0 amide bonds. The third kappa shape index (κ3) is 4.47. The second-order valence-electron chi connectivity index (χ2n) is 5.69. The molecule has 0 N–H and O–H groups in total. The first-order valence-corrected chi connectivity index (χ1v) is 8.44. The standard InChI is InChI=1S/C19H21NOS.ClH/c1-20(2)13-12-18(19-11-6-14-22-19)21-17-10-5-8-15-7-3-4-9-16(15)17;/h3-11,14,18H,12-13H2,1-2H3;1H. The maximum atomic E-state index is 6.41. The van der Waals surface area contributed by atoms with Gasteiger partial charge in [0.05, 0.1) is 0 Å². The Hall–Kier alpha value is -1.55. The van der Waals surface area contributed by atoms with Gasteiger partial charge in [0.1, 0.15) is 11.9 Å². The van der Waals surface area contributed by atoms with Gasteiger partial charge < -0.3 is 9.64 Å². The zero-order chi connectivity index (χ0) is 15.4. The van der Waals surface area contributed by atoms with Gasteiger partial charge in [0.25, 0.3) is 0 Å². The van der Waals surface area contributed by atoms with Crippen molar-refractivity contribution in [2.24, 2.45) is 0 Å². The molecule has 1 atom stereocenters. The second-order valence-corrected chi connectivity index (χ2v) is 6.67. The highest BCUT2D eigenvalue weighted by molar-refractivity contribution is 7.10. The van der Waals surface area contributed by atoms with E-state index >= 15 is 0 Å². The van der Waals surface area contributed by atoms with Crippen LogP contribution in [-0.2, 0) is 0 Å². The summed E-state index contributed by atoms with van der Waals surface area (Å²) in [5.74, 6) is 0.968. The average molecular weight is 348 g/mol. The fourth-order valence-electron chi connectivity index (χ4n) is 2.56. The lowest BCUT2D eigenvalue weighted by Gasteiger charge is -2.21. The van der Waals surface area contributed by atoms with Crippen LogP contribution in [0, 0.1) is 0 Å². The molecule has 0 fully saturated rings. The minimum absolute atomic E-state index is 0. The van der Waals surface area contributed by atoms with Gasteiger partial charge in [0, 0.05) is 23.2 Å². The first kappa shape index (κ1) is 17.8. The van der Waals surface area contributed by atoms with Gasteiger partial charge in [0.15, 0.2) is 0 Å². The van der Waals surface area contributed by atoms with Crippen molar-refractivity contribution in [3.05, 3.63) is 64.9 Å². The molecular weight excluding hydrogens is 326 g/mol. The summed E-state index contributed by atoms with van der Waals surface area (Å²) in [6.45, 7) is 1.01. The molecule has 2 aromatic carbocycles. The lowest BCUT2D eigenvalue weighted by molar-refractivity contribution is 0.185. The van der Waals surface area contributed by atoms with E-state index in [1.165, 1.54) is 15.6 Å². The fraction of sp³-hybridized carbons (Fsp3) is 0.263. The molecule has 0 radical (unpaired) electrons. The van der Waals surface area contributed by atoms with Crippen molar-refractivity contribution in [3.63, 3.8) is 0 Å². The SMILES string of the molecule is CN(C)CCC(Oc1cccc2ccccc12)c1cccs1.Cl. The normalized spacial score (nSPS) is 12.1. The quantitative estimate of drug-likeness (QED) is 0.592. The summed E-state index contributed by atoms with van der Waals surface area (Å²) in [6.07, 6.45) is 1.09. The molecule has 0 saturated carbocycles. The third-order valence-corrected chi connectivity index (χ3v) is 4.68. The van der Waals surface area contributed by atoms with Crippen molar-refractivity contribution >= 4 is 34.5 Å². The maximum absolute atomic E-state index is 6.41. The van der Waals surface area contributed by atoms with Crippen LogP contribution >= 0.6 is 23.7 Å². The molecule has 23 heavy (non-hydrogen) atoms. The number of benzene rings is 2. The van der Waals surface area contributed by atoms with Crippen molar-refractivity contribution in [1.29, 1.82) is 0 Å². The van der Waals surface area contributed by atoms with Gasteiger partial charge in [0.2, 0.25) is 0 Å². The maximum Gasteiger partial charge on any atom is 0.134 e. The minimum atomic E-state index is 0. The van der Waals surface area contributed by atoms with Gasteiger partial charge in [-0.3, -0.25) is 0 Å². The molecule has 0 spiro atoms. The van der Waals surface area contributed by atoms with Crippen LogP contribution in [-0.4, -0.2) is 25.5 Å². The predicted octanol–water partition coefficient (Wildman–Crippen LogP) is 5.39. The Morgan fingerprint density at radius 1 is 1.00 bits per heavy atom. The number of fused-ring (bicyclic) bond motifs is 1. The molecule has 0 bridgehead atoms. The Bertz CT molecular complexity index is 722. The summed E-state index contributed by atoms with van der Waals surface area (Å²) >= 11 is 1.76. The van der Waals surface area contributed by atoms with Gasteiger partial charge in [-0.05, 0) is 37.0 Å². The van der Waals surface area contributed by atoms with Crippen LogP contribution in [0.15, 0.2) is 60.0 Å². The molecule has 1 unspecified atom stereocenters. The summed E-state index contributed by atoms with van der Waals surface area (Å²) in [4.78, 5) is 3.49. The number of thiophene rings is 1. The Morgan fingerprint density at radius 3 is 2.52 bits per heavy atom. The summed E-state index contributed by atoms with van der Waals surface area (Å²) in [6, 6.07) is 18.9. The van der Waals surface area contributed by atoms with Crippen LogP contribution in [0.3, 0.4) is 0 Å². The highest BCUT2D eigenvalue weighted by Gasteiger charge is 2.16. The molecule has 3 rings (SSSR count). The van der Waals surface area contributed by atoms with E-state index in [0.29, 0.717) is 0 Å². The molecule has 1 aromatic heterocycles. The largest absolute Gasteiger partial charge is 0.484 e. The Kier molecular flexibility index (Phi) is 6.46. The fourth-order valence-corrected chi connectivity index (χ4v) is 3.35. The molecule has 1 heterocycles. The molecule has 0 aliphatic heterocycles. The first-order chi connectivity index (χ1) is 10.7. The highest BCUT2D eigenvalue weighted by Crippen LogP contribution is 2.32. The molecule has 4 heteroatoms. The monoisotopic (exact) mass is 347 g/mol. The third-order valence-electron chi connectivity index (χ3n) is 3.72. The first-order valence-electron chi connectivity index (χ1n) is 7.56. The smallest absolute Gasteiger partial charge is 0.134 e. The van der Waals surface area contributed by atoms with Crippen molar-refractivity contribution in [2.45, 2.75) is 12.5 Å². The molecule has 0 aliphatic rings. The minimum Gasteiger partial charge on any atom is -0.484 e. The molecule has 0 aliphatic carbocycles. The Labute approximate surface area is 148 Å². The highest BCUT2D eigenvalue weighted by atomic mass is 35.5. The predicted molar refractivity (Wildman–Crippen MR) is 102 cm³/mol. The van der Waals surface area contributed by atoms with Gasteiger partial charge in [-0.15, -0.1) is 23.7 Å². The zero-order valence-corrected chi connectivity index (χ0v) is 15.1. The molecular formula is C19H22ClNOS. The second kappa shape index (κ2) is 8.34. The van der Waals surface area contributed by atoms with Crippen molar-refractivity contribution in [2.75, 3.05) is 20.6 Å². The van der Waals surface area contributed by atoms with Crippen molar-refractivity contribution in [1.82, 2.24) is 4.90 Å². The Balaban J connectivity index is 0.00000192. The summed E-state index contributed by atoms with van der Waals surface area (Å²) in [5, 5.41) is 4.51. The van der Waals surface area contributed by atoms with Crippen LogP contribution in [0.5, 0.6) is 5.75 Å². The number of hydrogen-bond acceptors (Lipinski definition) is 3. The van der Waals surface area contributed by atoms with Crippen molar-refractivity contribution in [3.8, 4) is 5.75 Å². The zero-order valence-electron chi connectivity index (χ0n) is 13.4. The molecule has 2 nitrogen and oxygen atoms in total. The number of hydrogen-bond donors (Lipinski definition) is 0. The number of halogens is 1. The van der Waals surface area contributed by atoms with Gasteiger partial charge >= 0.3 is 0 Å². The molecule has 3 aromatic rings. The van der Waals surface area contributed by atoms with E-state index in [2.05, 4.69) is 79.0 Å². The van der Waals surface area contributed by atoms with Crippen LogP contribution < -0.4 is 4.74 Å². The summed E-state index contributed by atoms with van der Waals surface area (Å²) in [7, 11) is 4.20. The molecule has 0 saturated heterocycles. The van der Waals surface area contributed by atoms with E-state index < -0.39 is 0 Å². The van der Waals surface area contributed by atoms with Crippen LogP contribution in [0.25, 0.3) is 10.8 Å². The number of nitrogens with zero attached hydrogens (tertiary/aromatic N) is 1. The van der Waals surface area contributed by atoms with E-state index in [1.54, 1.807) is 11.3 Å². The van der Waals surface area contributed by atoms with E-state index in [0.717, 1.165) is 18.7 Å². The van der Waals surface area contributed by atoms with Gasteiger partial charge in [-0.1, -0.05) is 42.5 Å². The van der Waals surface area contributed by atoms with E-state index in [1.807, 2.05) is 0 Å². The van der Waals surface area contributed by atoms with Gasteiger partial charge in [-0.25, -0.2) is 0 Å². The average Bonchev–Trinajstić information content (AvgIpc) is 3.05. The summed E-state index contributed by atoms with van der Waals surface area (Å²) in [5.41, 5.74) is 0. The van der Waals surface area contributed by atoms with Gasteiger partial charge in [-0.2, -0.15) is 0 Å². The molecule has 122 valence electrons. The van der Waals surface area contributed by atoms with Crippen molar-refractivity contribution < 1.29 is 4.74 Å². The number of rotatable bonds is 6. The Morgan fingerprint density at radius 2 is 1.78 bits per heavy atom.